The maximum Gasteiger partial charge on any atom is 0.00388 e. The van der Waals surface area contributed by atoms with Crippen molar-refractivity contribution in [1.82, 2.24) is 5.32 Å². The standard InChI is InChI=1S/C12H25N/c1-3-4-5-6-7-11(2)13-10-12-8-9-12/h11-13H,3-10H2,1-2H3. The largest absolute Gasteiger partial charge is 0.314 e. The van der Waals surface area contributed by atoms with Crippen molar-refractivity contribution < 1.29 is 0 Å². The van der Waals surface area contributed by atoms with Gasteiger partial charge in [-0.25, -0.2) is 0 Å². The van der Waals surface area contributed by atoms with Gasteiger partial charge in [0.25, 0.3) is 0 Å². The molecule has 1 nitrogen and oxygen atoms in total. The van der Waals surface area contributed by atoms with Crippen LogP contribution in [0.15, 0.2) is 0 Å². The molecule has 1 aliphatic carbocycles. The molecule has 1 fully saturated rings. The van der Waals surface area contributed by atoms with Gasteiger partial charge in [0.05, 0.1) is 0 Å². The molecule has 0 radical (unpaired) electrons. The predicted molar refractivity (Wildman–Crippen MR) is 58.9 cm³/mol. The van der Waals surface area contributed by atoms with Crippen LogP contribution < -0.4 is 5.32 Å². The number of hydrogen-bond donors (Lipinski definition) is 1. The molecular formula is C12H25N. The van der Waals surface area contributed by atoms with E-state index in [1.54, 1.807) is 0 Å². The molecule has 78 valence electrons. The first-order valence-corrected chi connectivity index (χ1v) is 6.06. The van der Waals surface area contributed by atoms with Crippen LogP contribution in [0, 0.1) is 5.92 Å². The summed E-state index contributed by atoms with van der Waals surface area (Å²) in [7, 11) is 0. The van der Waals surface area contributed by atoms with E-state index in [-0.39, 0.29) is 0 Å². The van der Waals surface area contributed by atoms with Gasteiger partial charge in [0.1, 0.15) is 0 Å². The summed E-state index contributed by atoms with van der Waals surface area (Å²) in [6.07, 6.45) is 9.90. The second-order valence-electron chi connectivity index (χ2n) is 4.60. The molecule has 0 aromatic rings. The molecule has 1 atom stereocenters. The summed E-state index contributed by atoms with van der Waals surface area (Å²) in [5.74, 6) is 1.03. The van der Waals surface area contributed by atoms with E-state index in [9.17, 15) is 0 Å². The fourth-order valence-electron chi connectivity index (χ4n) is 1.67. The highest BCUT2D eigenvalue weighted by Gasteiger charge is 2.20. The minimum Gasteiger partial charge on any atom is -0.314 e. The van der Waals surface area contributed by atoms with Gasteiger partial charge < -0.3 is 5.32 Å². The summed E-state index contributed by atoms with van der Waals surface area (Å²) in [5, 5.41) is 3.62. The Hall–Kier alpha value is -0.0400. The van der Waals surface area contributed by atoms with Crippen molar-refractivity contribution in [1.29, 1.82) is 0 Å². The first-order valence-electron chi connectivity index (χ1n) is 6.06. The summed E-state index contributed by atoms with van der Waals surface area (Å²) >= 11 is 0. The van der Waals surface area contributed by atoms with Crippen LogP contribution in [0.2, 0.25) is 0 Å². The highest BCUT2D eigenvalue weighted by atomic mass is 14.9. The third kappa shape index (κ3) is 6.09. The van der Waals surface area contributed by atoms with Gasteiger partial charge in [-0.05, 0) is 38.6 Å². The molecule has 0 aliphatic heterocycles. The van der Waals surface area contributed by atoms with E-state index in [4.69, 9.17) is 0 Å². The van der Waals surface area contributed by atoms with Crippen LogP contribution in [0.3, 0.4) is 0 Å². The van der Waals surface area contributed by atoms with Gasteiger partial charge in [-0.3, -0.25) is 0 Å². The Kier molecular flexibility index (Phi) is 5.45. The summed E-state index contributed by atoms with van der Waals surface area (Å²) in [6, 6.07) is 0.748. The second-order valence-corrected chi connectivity index (χ2v) is 4.60. The normalized spacial score (nSPS) is 18.9. The maximum absolute atomic E-state index is 3.62. The van der Waals surface area contributed by atoms with Crippen LogP contribution in [0.1, 0.15) is 58.8 Å². The van der Waals surface area contributed by atoms with E-state index in [0.717, 1.165) is 12.0 Å². The summed E-state index contributed by atoms with van der Waals surface area (Å²) in [5.41, 5.74) is 0. The van der Waals surface area contributed by atoms with Gasteiger partial charge in [0.15, 0.2) is 0 Å². The van der Waals surface area contributed by atoms with Crippen molar-refractivity contribution in [2.45, 2.75) is 64.8 Å². The Morgan fingerprint density at radius 1 is 1.23 bits per heavy atom. The van der Waals surface area contributed by atoms with Crippen LogP contribution in [0.5, 0.6) is 0 Å². The Morgan fingerprint density at radius 3 is 2.62 bits per heavy atom. The van der Waals surface area contributed by atoms with Gasteiger partial charge in [0.2, 0.25) is 0 Å². The number of rotatable bonds is 8. The van der Waals surface area contributed by atoms with Crippen LogP contribution in [-0.4, -0.2) is 12.6 Å². The molecule has 1 saturated carbocycles. The average molecular weight is 183 g/mol. The average Bonchev–Trinajstić information content (AvgIpc) is 2.92. The monoisotopic (exact) mass is 183 g/mol. The SMILES string of the molecule is CCCCCCC(C)NCC1CC1. The first-order chi connectivity index (χ1) is 6.33. The van der Waals surface area contributed by atoms with Crippen molar-refractivity contribution in [3.63, 3.8) is 0 Å². The van der Waals surface area contributed by atoms with Crippen molar-refractivity contribution in [2.75, 3.05) is 6.54 Å². The third-order valence-corrected chi connectivity index (χ3v) is 2.94. The zero-order valence-electron chi connectivity index (χ0n) is 9.31. The Balaban J connectivity index is 1.81. The highest BCUT2D eigenvalue weighted by molar-refractivity contribution is 4.76. The smallest absolute Gasteiger partial charge is 0.00388 e. The first kappa shape index (κ1) is 11.0. The Morgan fingerprint density at radius 2 is 2.00 bits per heavy atom. The molecule has 0 saturated heterocycles. The zero-order valence-corrected chi connectivity index (χ0v) is 9.31. The molecule has 0 spiro atoms. The van der Waals surface area contributed by atoms with Crippen LogP contribution in [0.25, 0.3) is 0 Å². The Labute approximate surface area is 83.3 Å². The van der Waals surface area contributed by atoms with Crippen molar-refractivity contribution in [3.05, 3.63) is 0 Å². The van der Waals surface area contributed by atoms with Gasteiger partial charge in [-0.1, -0.05) is 32.6 Å². The molecule has 1 aliphatic rings. The van der Waals surface area contributed by atoms with Gasteiger partial charge in [0, 0.05) is 6.04 Å². The van der Waals surface area contributed by atoms with E-state index < -0.39 is 0 Å². The Bertz CT molecular complexity index is 118. The molecule has 1 rings (SSSR count). The van der Waals surface area contributed by atoms with Crippen LogP contribution in [0.4, 0.5) is 0 Å². The van der Waals surface area contributed by atoms with Crippen molar-refractivity contribution in [3.8, 4) is 0 Å². The topological polar surface area (TPSA) is 12.0 Å². The van der Waals surface area contributed by atoms with Crippen LogP contribution in [-0.2, 0) is 0 Å². The molecule has 0 aromatic carbocycles. The molecule has 1 heteroatoms. The fraction of sp³-hybridized carbons (Fsp3) is 1.00. The minimum absolute atomic E-state index is 0.748. The van der Waals surface area contributed by atoms with Crippen LogP contribution >= 0.6 is 0 Å². The quantitative estimate of drug-likeness (QED) is 0.569. The predicted octanol–water partition coefficient (Wildman–Crippen LogP) is 3.34. The van der Waals surface area contributed by atoms with Crippen molar-refractivity contribution in [2.24, 2.45) is 5.92 Å². The van der Waals surface area contributed by atoms with Gasteiger partial charge in [-0.2, -0.15) is 0 Å². The zero-order chi connectivity index (χ0) is 9.52. The summed E-state index contributed by atoms with van der Waals surface area (Å²) in [6.45, 7) is 5.87. The molecule has 13 heavy (non-hydrogen) atoms. The third-order valence-electron chi connectivity index (χ3n) is 2.94. The molecule has 1 N–H and O–H groups in total. The lowest BCUT2D eigenvalue weighted by atomic mass is 10.1. The highest BCUT2D eigenvalue weighted by Crippen LogP contribution is 2.27. The van der Waals surface area contributed by atoms with E-state index in [1.165, 1.54) is 51.5 Å². The van der Waals surface area contributed by atoms with E-state index in [0.29, 0.717) is 0 Å². The fourth-order valence-corrected chi connectivity index (χ4v) is 1.67. The van der Waals surface area contributed by atoms with E-state index >= 15 is 0 Å². The van der Waals surface area contributed by atoms with Crippen molar-refractivity contribution >= 4 is 0 Å². The summed E-state index contributed by atoms with van der Waals surface area (Å²) in [4.78, 5) is 0. The molecule has 0 amide bonds. The number of hydrogen-bond acceptors (Lipinski definition) is 1. The lowest BCUT2D eigenvalue weighted by molar-refractivity contribution is 0.473. The van der Waals surface area contributed by atoms with E-state index in [1.807, 2.05) is 0 Å². The minimum atomic E-state index is 0.748. The van der Waals surface area contributed by atoms with Gasteiger partial charge >= 0.3 is 0 Å². The lowest BCUT2D eigenvalue weighted by Gasteiger charge is -2.12. The molecule has 0 aromatic heterocycles. The maximum atomic E-state index is 3.62. The number of unbranched alkanes of at least 4 members (excludes halogenated alkanes) is 3. The second kappa shape index (κ2) is 6.42. The molecule has 0 bridgehead atoms. The molecule has 0 heterocycles. The molecule has 1 unspecified atom stereocenters. The molecular weight excluding hydrogens is 158 g/mol. The number of nitrogens with one attached hydrogen (secondary N) is 1. The van der Waals surface area contributed by atoms with E-state index in [2.05, 4.69) is 19.2 Å². The summed E-state index contributed by atoms with van der Waals surface area (Å²) < 4.78 is 0. The lowest BCUT2D eigenvalue weighted by Crippen LogP contribution is -2.27. The van der Waals surface area contributed by atoms with Gasteiger partial charge in [-0.15, -0.1) is 0 Å².